The maximum atomic E-state index is 10.3. The van der Waals surface area contributed by atoms with Gasteiger partial charge in [-0.15, -0.1) is 0 Å². The Labute approximate surface area is 193 Å². The molecule has 9 atom stereocenters. The number of hydrogen-bond donors (Lipinski definition) is 1. The van der Waals surface area contributed by atoms with E-state index in [2.05, 4.69) is 53.7 Å². The summed E-state index contributed by atoms with van der Waals surface area (Å²) in [6.07, 6.45) is 19.2. The zero-order valence-corrected chi connectivity index (χ0v) is 21.4. The van der Waals surface area contributed by atoms with Crippen molar-refractivity contribution in [1.29, 1.82) is 0 Å². The van der Waals surface area contributed by atoms with E-state index in [1.54, 1.807) is 5.57 Å². The normalized spacial score (nSPS) is 44.7. The molecular weight excluding hydrogens is 376 g/mol. The zero-order chi connectivity index (χ0) is 22.4. The van der Waals surface area contributed by atoms with Crippen molar-refractivity contribution in [1.82, 2.24) is 0 Å². The Morgan fingerprint density at radius 3 is 2.48 bits per heavy atom. The second-order valence-electron chi connectivity index (χ2n) is 12.6. The molecule has 4 rings (SSSR count). The number of fused-ring (bicyclic) bond motifs is 5. The molecule has 4 aliphatic carbocycles. The largest absolute Gasteiger partial charge is 0.393 e. The highest BCUT2D eigenvalue weighted by atomic mass is 16.3. The number of aliphatic hydroxyl groups excluding tert-OH is 1. The zero-order valence-electron chi connectivity index (χ0n) is 21.4. The standard InChI is InChI=1S/C30H50O/c1-7-22(8-2)20(3)9-10-21(4)26-13-14-27-25-12-11-23-19-24(31)15-17-29(23,5)28(25)16-18-30(26,27)6/h7,12,20-21,23-24,26-28,31H,8-11,13-19H2,1-6H3. The van der Waals surface area contributed by atoms with Gasteiger partial charge in [0.05, 0.1) is 6.10 Å². The molecule has 0 aromatic carbocycles. The first kappa shape index (κ1) is 23.6. The summed E-state index contributed by atoms with van der Waals surface area (Å²) in [5.74, 6) is 4.85. The Bertz CT molecular complexity index is 703. The third kappa shape index (κ3) is 4.00. The molecule has 0 saturated heterocycles. The molecule has 0 heterocycles. The van der Waals surface area contributed by atoms with Gasteiger partial charge in [0.1, 0.15) is 0 Å². The lowest BCUT2D eigenvalue weighted by atomic mass is 9.47. The Kier molecular flexibility index (Phi) is 6.85. The van der Waals surface area contributed by atoms with E-state index in [1.165, 1.54) is 57.8 Å². The fourth-order valence-electron chi connectivity index (χ4n) is 9.20. The van der Waals surface area contributed by atoms with Gasteiger partial charge in [0, 0.05) is 0 Å². The highest BCUT2D eigenvalue weighted by Crippen LogP contribution is 2.67. The first-order chi connectivity index (χ1) is 14.7. The molecule has 1 N–H and O–H groups in total. The van der Waals surface area contributed by atoms with Crippen molar-refractivity contribution in [2.24, 2.45) is 46.3 Å². The van der Waals surface area contributed by atoms with Gasteiger partial charge in [-0.3, -0.25) is 0 Å². The van der Waals surface area contributed by atoms with Crippen molar-refractivity contribution in [3.8, 4) is 0 Å². The maximum absolute atomic E-state index is 10.3. The van der Waals surface area contributed by atoms with E-state index in [0.717, 1.165) is 42.4 Å². The number of aliphatic hydroxyl groups is 1. The van der Waals surface area contributed by atoms with E-state index >= 15 is 0 Å². The van der Waals surface area contributed by atoms with Gasteiger partial charge >= 0.3 is 0 Å². The Balaban J connectivity index is 1.47. The summed E-state index contributed by atoms with van der Waals surface area (Å²) in [7, 11) is 0. The average molecular weight is 427 g/mol. The van der Waals surface area contributed by atoms with Crippen LogP contribution in [-0.4, -0.2) is 11.2 Å². The summed E-state index contributed by atoms with van der Waals surface area (Å²) in [4.78, 5) is 0. The Hall–Kier alpha value is -0.560. The van der Waals surface area contributed by atoms with Crippen molar-refractivity contribution in [2.75, 3.05) is 0 Å². The van der Waals surface area contributed by atoms with Crippen LogP contribution in [0.15, 0.2) is 23.3 Å². The van der Waals surface area contributed by atoms with Crippen LogP contribution >= 0.6 is 0 Å². The van der Waals surface area contributed by atoms with Gasteiger partial charge in [-0.2, -0.15) is 0 Å². The predicted molar refractivity (Wildman–Crippen MR) is 133 cm³/mol. The Morgan fingerprint density at radius 2 is 1.77 bits per heavy atom. The monoisotopic (exact) mass is 426 g/mol. The second-order valence-corrected chi connectivity index (χ2v) is 12.6. The van der Waals surface area contributed by atoms with E-state index in [1.807, 2.05) is 5.57 Å². The molecule has 31 heavy (non-hydrogen) atoms. The highest BCUT2D eigenvalue weighted by Gasteiger charge is 2.58. The molecule has 1 nitrogen and oxygen atoms in total. The van der Waals surface area contributed by atoms with Crippen molar-refractivity contribution in [3.63, 3.8) is 0 Å². The minimum atomic E-state index is -0.0447. The van der Waals surface area contributed by atoms with Crippen LogP contribution in [0.1, 0.15) is 112 Å². The molecular formula is C30H50O. The van der Waals surface area contributed by atoms with E-state index in [-0.39, 0.29) is 6.10 Å². The minimum absolute atomic E-state index is 0.0447. The highest BCUT2D eigenvalue weighted by molar-refractivity contribution is 5.27. The van der Waals surface area contributed by atoms with E-state index < -0.39 is 0 Å². The lowest BCUT2D eigenvalue weighted by Gasteiger charge is -2.57. The molecule has 0 aliphatic heterocycles. The van der Waals surface area contributed by atoms with Crippen molar-refractivity contribution < 1.29 is 5.11 Å². The molecule has 9 unspecified atom stereocenters. The van der Waals surface area contributed by atoms with Gasteiger partial charge < -0.3 is 5.11 Å². The molecule has 176 valence electrons. The fourth-order valence-corrected chi connectivity index (χ4v) is 9.20. The van der Waals surface area contributed by atoms with Crippen molar-refractivity contribution >= 4 is 0 Å². The predicted octanol–water partition coefficient (Wildman–Crippen LogP) is 8.34. The van der Waals surface area contributed by atoms with Gasteiger partial charge in [-0.1, -0.05) is 57.9 Å². The third-order valence-electron chi connectivity index (χ3n) is 11.3. The van der Waals surface area contributed by atoms with Crippen molar-refractivity contribution in [3.05, 3.63) is 23.3 Å². The maximum Gasteiger partial charge on any atom is 0.0543 e. The van der Waals surface area contributed by atoms with Crippen LogP contribution in [0.5, 0.6) is 0 Å². The average Bonchev–Trinajstić information content (AvgIpc) is 3.10. The van der Waals surface area contributed by atoms with Crippen LogP contribution < -0.4 is 0 Å². The quantitative estimate of drug-likeness (QED) is 0.423. The van der Waals surface area contributed by atoms with Crippen LogP contribution in [0.2, 0.25) is 0 Å². The number of hydrogen-bond acceptors (Lipinski definition) is 1. The summed E-state index contributed by atoms with van der Waals surface area (Å²) in [6.45, 7) is 14.8. The summed E-state index contributed by atoms with van der Waals surface area (Å²) >= 11 is 0. The molecule has 0 spiro atoms. The summed E-state index contributed by atoms with van der Waals surface area (Å²) in [6, 6.07) is 0. The lowest BCUT2D eigenvalue weighted by molar-refractivity contribution is -0.0428. The summed E-state index contributed by atoms with van der Waals surface area (Å²) < 4.78 is 0. The second kappa shape index (κ2) is 9.00. The number of allylic oxidation sites excluding steroid dienone is 4. The molecule has 4 aliphatic rings. The molecule has 3 saturated carbocycles. The van der Waals surface area contributed by atoms with Gasteiger partial charge in [0.15, 0.2) is 0 Å². The lowest BCUT2D eigenvalue weighted by Crippen LogP contribution is -2.49. The molecule has 1 heteroatoms. The first-order valence-corrected chi connectivity index (χ1v) is 13.8. The summed E-state index contributed by atoms with van der Waals surface area (Å²) in [5.41, 5.74) is 4.49. The topological polar surface area (TPSA) is 20.2 Å². The summed E-state index contributed by atoms with van der Waals surface area (Å²) in [5, 5.41) is 10.3. The van der Waals surface area contributed by atoms with Gasteiger partial charge in [-0.05, 0) is 124 Å². The van der Waals surface area contributed by atoms with Crippen LogP contribution in [0, 0.1) is 46.3 Å². The van der Waals surface area contributed by atoms with Crippen molar-refractivity contribution in [2.45, 2.75) is 118 Å². The minimum Gasteiger partial charge on any atom is -0.393 e. The molecule has 3 fully saturated rings. The van der Waals surface area contributed by atoms with E-state index in [4.69, 9.17) is 0 Å². The molecule has 0 aromatic heterocycles. The third-order valence-corrected chi connectivity index (χ3v) is 11.3. The molecule has 0 amide bonds. The van der Waals surface area contributed by atoms with E-state index in [9.17, 15) is 5.11 Å². The van der Waals surface area contributed by atoms with Crippen LogP contribution in [-0.2, 0) is 0 Å². The number of rotatable bonds is 6. The SMILES string of the molecule is CC=C(CC)C(C)CCC(C)C1CCC2C3=CCC4CC(O)CCC4(C)C3CCC21C. The smallest absolute Gasteiger partial charge is 0.0543 e. The van der Waals surface area contributed by atoms with Crippen LogP contribution in [0.4, 0.5) is 0 Å². The first-order valence-electron chi connectivity index (χ1n) is 13.8. The van der Waals surface area contributed by atoms with E-state index in [0.29, 0.717) is 16.7 Å². The van der Waals surface area contributed by atoms with Gasteiger partial charge in [0.2, 0.25) is 0 Å². The Morgan fingerprint density at radius 1 is 1.06 bits per heavy atom. The van der Waals surface area contributed by atoms with Crippen LogP contribution in [0.3, 0.4) is 0 Å². The fraction of sp³-hybridized carbons (Fsp3) is 0.867. The van der Waals surface area contributed by atoms with Gasteiger partial charge in [0.25, 0.3) is 0 Å². The molecule has 0 radical (unpaired) electrons. The van der Waals surface area contributed by atoms with Gasteiger partial charge in [-0.25, -0.2) is 0 Å². The van der Waals surface area contributed by atoms with Crippen LogP contribution in [0.25, 0.3) is 0 Å². The molecule has 0 aromatic rings. The molecule has 0 bridgehead atoms.